The molecule has 0 aliphatic carbocycles. The summed E-state index contributed by atoms with van der Waals surface area (Å²) in [4.78, 5) is 8.16. The molecule has 9 heteroatoms. The molecule has 6 aromatic rings. The number of nitriles is 2. The highest BCUT2D eigenvalue weighted by molar-refractivity contribution is 5.93. The van der Waals surface area contributed by atoms with Crippen LogP contribution >= 0.6 is 0 Å². The molecule has 4 N–H and O–H groups in total. The van der Waals surface area contributed by atoms with Crippen LogP contribution in [-0.2, 0) is 0 Å². The number of phenols is 2. The first-order valence-electron chi connectivity index (χ1n) is 12.3. The van der Waals surface area contributed by atoms with E-state index in [-0.39, 0.29) is 11.5 Å². The Balaban J connectivity index is 0.000000161. The minimum absolute atomic E-state index is 0.0991. The van der Waals surface area contributed by atoms with E-state index in [4.69, 9.17) is 16.3 Å². The Bertz CT molecular complexity index is 1920. The van der Waals surface area contributed by atoms with E-state index in [2.05, 4.69) is 26.3 Å². The second kappa shape index (κ2) is 13.5. The molecule has 0 aliphatic heterocycles. The van der Waals surface area contributed by atoms with Crippen LogP contribution in [0.4, 0.5) is 17.1 Å². The van der Waals surface area contributed by atoms with E-state index in [1.54, 1.807) is 85.2 Å². The van der Waals surface area contributed by atoms with Crippen molar-refractivity contribution < 1.29 is 10.2 Å². The number of fused-ring (bicyclic) bond motifs is 2. The molecule has 0 amide bonds. The molecule has 4 aromatic carbocycles. The van der Waals surface area contributed by atoms with Crippen LogP contribution in [0.3, 0.4) is 0 Å². The number of nitrogens with two attached hydrogens (primary N) is 1. The zero-order valence-corrected chi connectivity index (χ0v) is 21.6. The van der Waals surface area contributed by atoms with Crippen molar-refractivity contribution in [2.24, 2.45) is 10.2 Å². The lowest BCUT2D eigenvalue weighted by atomic mass is 10.1. The van der Waals surface area contributed by atoms with E-state index in [9.17, 15) is 10.2 Å². The smallest absolute Gasteiger partial charge is 0.141 e. The van der Waals surface area contributed by atoms with Crippen molar-refractivity contribution in [3.05, 3.63) is 127 Å². The van der Waals surface area contributed by atoms with Gasteiger partial charge in [-0.25, -0.2) is 0 Å². The van der Waals surface area contributed by atoms with Crippen LogP contribution in [0, 0.1) is 22.7 Å². The Kier molecular flexibility index (Phi) is 9.10. The average Bonchev–Trinajstić information content (AvgIpc) is 3.02. The van der Waals surface area contributed by atoms with Gasteiger partial charge in [0.2, 0.25) is 0 Å². The summed E-state index contributed by atoms with van der Waals surface area (Å²) in [6.45, 7) is 0. The molecule has 0 unspecified atom stereocenters. The minimum Gasteiger partial charge on any atom is -0.506 e. The summed E-state index contributed by atoms with van der Waals surface area (Å²) in [7, 11) is 0. The van der Waals surface area contributed by atoms with Crippen molar-refractivity contribution in [1.29, 1.82) is 10.5 Å². The first-order valence-corrected chi connectivity index (χ1v) is 12.3. The van der Waals surface area contributed by atoms with Crippen LogP contribution in [0.1, 0.15) is 11.1 Å². The van der Waals surface area contributed by atoms with E-state index in [1.807, 2.05) is 30.3 Å². The summed E-state index contributed by atoms with van der Waals surface area (Å²) in [5.41, 5.74) is 9.18. The number of phenolic OH excluding ortho intramolecular Hbond substituents is 2. The van der Waals surface area contributed by atoms with Crippen LogP contribution in [-0.4, -0.2) is 20.2 Å². The van der Waals surface area contributed by atoms with Crippen molar-refractivity contribution in [2.45, 2.75) is 0 Å². The number of hydrogen-bond acceptors (Lipinski definition) is 9. The lowest BCUT2D eigenvalue weighted by Gasteiger charge is -2.02. The summed E-state index contributed by atoms with van der Waals surface area (Å²) < 4.78 is 0. The monoisotopic (exact) mass is 537 g/mol. The number of nitrogen functional groups attached to an aromatic ring is 1. The molecule has 0 fully saturated rings. The molecule has 198 valence electrons. The van der Waals surface area contributed by atoms with Crippen molar-refractivity contribution in [1.82, 2.24) is 9.97 Å². The fraction of sp³-hybridized carbons (Fsp3) is 0. The largest absolute Gasteiger partial charge is 0.506 e. The van der Waals surface area contributed by atoms with Crippen LogP contribution in [0.25, 0.3) is 21.8 Å². The molecular formula is C32H23N7O2. The number of aromatic nitrogens is 2. The number of nitrogens with zero attached hydrogens (tertiary/aromatic N) is 6. The molecule has 0 saturated heterocycles. The number of para-hydroxylation sites is 2. The van der Waals surface area contributed by atoms with E-state index in [0.29, 0.717) is 44.6 Å². The van der Waals surface area contributed by atoms with Gasteiger partial charge in [0.1, 0.15) is 40.4 Å². The SMILES string of the molecule is N#Cc1ccccc1N.N#Cc1ccccc1N=Nc1ccc(O)c2ncccc12.Oc1cccc2cccnc12. The standard InChI is InChI=1S/C16H10N4O.C9H7NO.C7H6N2/c17-10-11-4-1-2-6-13(11)19-20-14-7-8-15(21)16-12(14)5-3-9-18-16;11-8-5-1-3-7-4-2-6-10-9(7)8;8-5-6-3-1-2-4-7(6)9/h1-9,21H;1-6,11H;1-4H,9H2. The Hall–Kier alpha value is -6.32. The number of anilines is 1. The maximum atomic E-state index is 9.79. The van der Waals surface area contributed by atoms with Crippen molar-refractivity contribution in [3.8, 4) is 23.6 Å². The third kappa shape index (κ3) is 6.96. The third-order valence-electron chi connectivity index (χ3n) is 5.71. The van der Waals surface area contributed by atoms with Crippen LogP contribution in [0.15, 0.2) is 126 Å². The number of hydrogen-bond donors (Lipinski definition) is 3. The topological polar surface area (TPSA) is 165 Å². The molecule has 0 saturated carbocycles. The first-order chi connectivity index (χ1) is 20.0. The zero-order valence-electron chi connectivity index (χ0n) is 21.6. The highest BCUT2D eigenvalue weighted by Crippen LogP contribution is 2.32. The van der Waals surface area contributed by atoms with Crippen molar-refractivity contribution in [2.75, 3.05) is 5.73 Å². The lowest BCUT2D eigenvalue weighted by molar-refractivity contribution is 0.480. The lowest BCUT2D eigenvalue weighted by Crippen LogP contribution is -1.87. The van der Waals surface area contributed by atoms with Crippen molar-refractivity contribution in [3.63, 3.8) is 0 Å². The number of rotatable bonds is 2. The van der Waals surface area contributed by atoms with E-state index >= 15 is 0 Å². The van der Waals surface area contributed by atoms with Gasteiger partial charge in [0, 0.05) is 28.9 Å². The second-order valence-corrected chi connectivity index (χ2v) is 8.38. The predicted octanol–water partition coefficient (Wildman–Crippen LogP) is 7.31. The fourth-order valence-corrected chi connectivity index (χ4v) is 3.68. The Morgan fingerprint density at radius 3 is 1.90 bits per heavy atom. The quantitative estimate of drug-likeness (QED) is 0.154. The second-order valence-electron chi connectivity index (χ2n) is 8.38. The Labute approximate surface area is 235 Å². The van der Waals surface area contributed by atoms with Gasteiger partial charge >= 0.3 is 0 Å². The molecule has 0 spiro atoms. The van der Waals surface area contributed by atoms with Crippen molar-refractivity contribution >= 4 is 38.9 Å². The van der Waals surface area contributed by atoms with Crippen LogP contribution in [0.2, 0.25) is 0 Å². The molecule has 41 heavy (non-hydrogen) atoms. The van der Waals surface area contributed by atoms with Gasteiger partial charge in [-0.3, -0.25) is 9.97 Å². The van der Waals surface area contributed by atoms with E-state index in [1.165, 1.54) is 6.07 Å². The minimum atomic E-state index is 0.0991. The molecule has 2 heterocycles. The van der Waals surface area contributed by atoms with Gasteiger partial charge < -0.3 is 15.9 Å². The molecule has 0 bridgehead atoms. The highest BCUT2D eigenvalue weighted by Gasteiger charge is 2.06. The number of azo groups is 1. The summed E-state index contributed by atoms with van der Waals surface area (Å²) in [5.74, 6) is 0.338. The van der Waals surface area contributed by atoms with Gasteiger partial charge in [0.05, 0.1) is 16.8 Å². The fourth-order valence-electron chi connectivity index (χ4n) is 3.68. The van der Waals surface area contributed by atoms with E-state index < -0.39 is 0 Å². The predicted molar refractivity (Wildman–Crippen MR) is 158 cm³/mol. The van der Waals surface area contributed by atoms with Gasteiger partial charge in [-0.05, 0) is 60.7 Å². The molecular weight excluding hydrogens is 514 g/mol. The van der Waals surface area contributed by atoms with Gasteiger partial charge in [0.25, 0.3) is 0 Å². The molecule has 9 nitrogen and oxygen atoms in total. The maximum Gasteiger partial charge on any atom is 0.141 e. The zero-order chi connectivity index (χ0) is 29.0. The molecule has 0 radical (unpaired) electrons. The summed E-state index contributed by atoms with van der Waals surface area (Å²) in [5, 5.41) is 46.5. The summed E-state index contributed by atoms with van der Waals surface area (Å²) in [6.07, 6.45) is 3.27. The van der Waals surface area contributed by atoms with Gasteiger partial charge in [0.15, 0.2) is 0 Å². The van der Waals surface area contributed by atoms with E-state index in [0.717, 1.165) is 5.39 Å². The maximum absolute atomic E-state index is 9.79. The Morgan fingerprint density at radius 2 is 1.20 bits per heavy atom. The first kappa shape index (κ1) is 27.7. The van der Waals surface area contributed by atoms with Crippen LogP contribution in [0.5, 0.6) is 11.5 Å². The summed E-state index contributed by atoms with van der Waals surface area (Å²) >= 11 is 0. The molecule has 6 rings (SSSR count). The highest BCUT2D eigenvalue weighted by atomic mass is 16.3. The van der Waals surface area contributed by atoms with Gasteiger partial charge in [-0.2, -0.15) is 10.5 Å². The number of aromatic hydroxyl groups is 2. The Morgan fingerprint density at radius 1 is 0.585 bits per heavy atom. The number of benzene rings is 4. The average molecular weight is 538 g/mol. The molecule has 0 aliphatic rings. The van der Waals surface area contributed by atoms with Crippen LogP contribution < -0.4 is 5.73 Å². The van der Waals surface area contributed by atoms with Gasteiger partial charge in [-0.1, -0.05) is 42.5 Å². The van der Waals surface area contributed by atoms with Gasteiger partial charge in [-0.15, -0.1) is 10.2 Å². The normalized spacial score (nSPS) is 10.1. The third-order valence-corrected chi connectivity index (χ3v) is 5.71. The summed E-state index contributed by atoms with van der Waals surface area (Å²) in [6, 6.07) is 33.9. The molecule has 2 aromatic heterocycles. The number of pyridine rings is 2. The molecule has 0 atom stereocenters.